The van der Waals surface area contributed by atoms with Crippen molar-refractivity contribution in [1.82, 2.24) is 15.7 Å². The summed E-state index contributed by atoms with van der Waals surface area (Å²) in [7, 11) is 0. The van der Waals surface area contributed by atoms with Crippen LogP contribution in [0.2, 0.25) is 0 Å². The van der Waals surface area contributed by atoms with Crippen LogP contribution < -0.4 is 10.6 Å². The molecule has 0 aliphatic rings. The van der Waals surface area contributed by atoms with Crippen molar-refractivity contribution >= 4 is 18.0 Å². The zero-order valence-corrected chi connectivity index (χ0v) is 11.8. The molecule has 0 heterocycles. The molecule has 7 nitrogen and oxygen atoms in total. The third kappa shape index (κ3) is 8.01. The predicted molar refractivity (Wildman–Crippen MR) is 70.2 cm³/mol. The number of hydrogen-bond donors (Lipinski definition) is 2. The van der Waals surface area contributed by atoms with Crippen LogP contribution in [0.1, 0.15) is 46.5 Å². The number of amides is 4. The first kappa shape index (κ1) is 17.2. The van der Waals surface area contributed by atoms with E-state index in [2.05, 4.69) is 15.5 Å². The minimum absolute atomic E-state index is 0.428. The maximum absolute atomic E-state index is 11.6. The predicted octanol–water partition coefficient (Wildman–Crippen LogP) is 1.79. The quantitative estimate of drug-likeness (QED) is 0.570. The van der Waals surface area contributed by atoms with E-state index >= 15 is 0 Å². The molecule has 19 heavy (non-hydrogen) atoms. The molecule has 0 aliphatic carbocycles. The highest BCUT2D eigenvalue weighted by atomic mass is 16.7. The number of imide groups is 1. The number of rotatable bonds is 6. The van der Waals surface area contributed by atoms with Gasteiger partial charge in [0.25, 0.3) is 5.91 Å². The summed E-state index contributed by atoms with van der Waals surface area (Å²) in [6.07, 6.45) is 2.62. The van der Waals surface area contributed by atoms with Gasteiger partial charge in [0.1, 0.15) is 0 Å². The second-order valence-corrected chi connectivity index (χ2v) is 4.06. The molecule has 110 valence electrons. The Morgan fingerprint density at radius 1 is 1.00 bits per heavy atom. The first-order chi connectivity index (χ1) is 9.02. The second kappa shape index (κ2) is 10.2. The number of carbonyl (C=O) groups is 3. The Balaban J connectivity index is 4.20. The van der Waals surface area contributed by atoms with Gasteiger partial charge in [0, 0.05) is 20.0 Å². The molecule has 7 heteroatoms. The van der Waals surface area contributed by atoms with Crippen molar-refractivity contribution in [3.8, 4) is 0 Å². The van der Waals surface area contributed by atoms with Gasteiger partial charge in [-0.3, -0.25) is 4.79 Å². The lowest BCUT2D eigenvalue weighted by Crippen LogP contribution is -2.46. The molecule has 0 atom stereocenters. The molecule has 4 amide bonds. The summed E-state index contributed by atoms with van der Waals surface area (Å²) < 4.78 is 0. The largest absolute Gasteiger partial charge is 0.432 e. The van der Waals surface area contributed by atoms with Crippen molar-refractivity contribution in [3.05, 3.63) is 0 Å². The summed E-state index contributed by atoms with van der Waals surface area (Å²) >= 11 is 0. The van der Waals surface area contributed by atoms with Gasteiger partial charge in [-0.25, -0.2) is 9.59 Å². The van der Waals surface area contributed by atoms with Gasteiger partial charge in [-0.1, -0.05) is 31.8 Å². The Morgan fingerprint density at radius 3 is 2.00 bits per heavy atom. The van der Waals surface area contributed by atoms with Crippen molar-refractivity contribution in [3.63, 3.8) is 0 Å². The van der Waals surface area contributed by atoms with Gasteiger partial charge in [-0.05, 0) is 12.8 Å². The number of unbranched alkanes of at least 4 members (excludes halogenated alkanes) is 2. The smallest absolute Gasteiger partial charge is 0.335 e. The van der Waals surface area contributed by atoms with Gasteiger partial charge < -0.3 is 15.5 Å². The molecule has 0 saturated heterocycles. The zero-order valence-electron chi connectivity index (χ0n) is 11.8. The van der Waals surface area contributed by atoms with E-state index in [0.29, 0.717) is 18.2 Å². The lowest BCUT2D eigenvalue weighted by Gasteiger charge is -2.18. The molecule has 0 spiro atoms. The average molecular weight is 273 g/mol. The molecule has 0 bridgehead atoms. The number of carbonyl (C=O) groups excluding carboxylic acids is 3. The summed E-state index contributed by atoms with van der Waals surface area (Å²) in [5.41, 5.74) is 0. The molecule has 0 radical (unpaired) electrons. The lowest BCUT2D eigenvalue weighted by atomic mass is 10.3. The van der Waals surface area contributed by atoms with Crippen LogP contribution in [0.4, 0.5) is 9.59 Å². The molecule has 2 N–H and O–H groups in total. The topological polar surface area (TPSA) is 87.7 Å². The van der Waals surface area contributed by atoms with Crippen molar-refractivity contribution in [2.24, 2.45) is 0 Å². The fourth-order valence-electron chi connectivity index (χ4n) is 1.18. The summed E-state index contributed by atoms with van der Waals surface area (Å²) in [5.74, 6) is -0.653. The van der Waals surface area contributed by atoms with E-state index in [4.69, 9.17) is 0 Å². The summed E-state index contributed by atoms with van der Waals surface area (Å²) in [6, 6.07) is -0.730. The van der Waals surface area contributed by atoms with E-state index in [1.165, 1.54) is 0 Å². The average Bonchev–Trinajstić information content (AvgIpc) is 2.36. The maximum Gasteiger partial charge on any atom is 0.432 e. The molecular weight excluding hydrogens is 250 g/mol. The molecule has 0 rings (SSSR count). The van der Waals surface area contributed by atoms with Gasteiger partial charge in [0.2, 0.25) is 0 Å². The minimum atomic E-state index is -0.811. The summed E-state index contributed by atoms with van der Waals surface area (Å²) in [6.45, 7) is 5.99. The van der Waals surface area contributed by atoms with E-state index < -0.39 is 18.0 Å². The van der Waals surface area contributed by atoms with Crippen LogP contribution in [-0.2, 0) is 9.63 Å². The van der Waals surface area contributed by atoms with E-state index in [1.807, 2.05) is 13.8 Å². The van der Waals surface area contributed by atoms with Crippen LogP contribution in [-0.4, -0.2) is 36.2 Å². The first-order valence-electron chi connectivity index (χ1n) is 6.57. The lowest BCUT2D eigenvalue weighted by molar-refractivity contribution is -0.150. The summed E-state index contributed by atoms with van der Waals surface area (Å²) in [5, 5.41) is 5.38. The zero-order chi connectivity index (χ0) is 14.7. The fraction of sp³-hybridized carbons (Fsp3) is 0.750. The standard InChI is InChI=1S/C12H23N3O4/c1-4-6-8-13-11(17)15(10(3)16)19-12(18)14-9-7-5-2/h4-9H2,1-3H3,(H,13,17)(H,14,18). The fourth-order valence-corrected chi connectivity index (χ4v) is 1.18. The van der Waals surface area contributed by atoms with Crippen LogP contribution in [0.5, 0.6) is 0 Å². The molecule has 0 fully saturated rings. The number of nitrogens with one attached hydrogen (secondary N) is 2. The van der Waals surface area contributed by atoms with Crippen molar-refractivity contribution in [1.29, 1.82) is 0 Å². The number of hydrogen-bond acceptors (Lipinski definition) is 4. The molecule has 0 aromatic rings. The van der Waals surface area contributed by atoms with Gasteiger partial charge in [0.05, 0.1) is 0 Å². The van der Waals surface area contributed by atoms with Gasteiger partial charge in [0.15, 0.2) is 0 Å². The monoisotopic (exact) mass is 273 g/mol. The molecule has 0 unspecified atom stereocenters. The molecule has 0 aliphatic heterocycles. The van der Waals surface area contributed by atoms with Gasteiger partial charge in [-0.15, -0.1) is 0 Å². The van der Waals surface area contributed by atoms with Crippen LogP contribution in [0.25, 0.3) is 0 Å². The Hall–Kier alpha value is -1.79. The van der Waals surface area contributed by atoms with E-state index in [0.717, 1.165) is 32.6 Å². The number of nitrogens with zero attached hydrogens (tertiary/aromatic N) is 1. The number of hydroxylamine groups is 2. The van der Waals surface area contributed by atoms with E-state index in [-0.39, 0.29) is 0 Å². The SMILES string of the molecule is CCCCNC(=O)ON(C(C)=O)C(=O)NCCCC. The Labute approximate surface area is 113 Å². The van der Waals surface area contributed by atoms with Gasteiger partial charge >= 0.3 is 12.1 Å². The van der Waals surface area contributed by atoms with Crippen LogP contribution in [0, 0.1) is 0 Å². The molecule has 0 aromatic heterocycles. The second-order valence-electron chi connectivity index (χ2n) is 4.06. The summed E-state index contributed by atoms with van der Waals surface area (Å²) in [4.78, 5) is 38.9. The Morgan fingerprint density at radius 2 is 1.53 bits per heavy atom. The Kier molecular flexibility index (Phi) is 9.20. The highest BCUT2D eigenvalue weighted by molar-refractivity contribution is 5.93. The van der Waals surface area contributed by atoms with Crippen LogP contribution in [0.3, 0.4) is 0 Å². The van der Waals surface area contributed by atoms with Crippen molar-refractivity contribution in [2.75, 3.05) is 13.1 Å². The normalized spacial score (nSPS) is 9.63. The van der Waals surface area contributed by atoms with E-state index in [9.17, 15) is 14.4 Å². The third-order valence-corrected chi connectivity index (χ3v) is 2.25. The molecule has 0 aromatic carbocycles. The highest BCUT2D eigenvalue weighted by Gasteiger charge is 2.22. The third-order valence-electron chi connectivity index (χ3n) is 2.25. The first-order valence-corrected chi connectivity index (χ1v) is 6.57. The number of urea groups is 1. The van der Waals surface area contributed by atoms with E-state index in [1.54, 1.807) is 0 Å². The van der Waals surface area contributed by atoms with Crippen LogP contribution >= 0.6 is 0 Å². The van der Waals surface area contributed by atoms with Crippen molar-refractivity contribution < 1.29 is 19.2 Å². The maximum atomic E-state index is 11.6. The highest BCUT2D eigenvalue weighted by Crippen LogP contribution is 1.95. The molecule has 0 saturated carbocycles. The van der Waals surface area contributed by atoms with Gasteiger partial charge in [-0.2, -0.15) is 0 Å². The van der Waals surface area contributed by atoms with Crippen LogP contribution in [0.15, 0.2) is 0 Å². The van der Waals surface area contributed by atoms with Crippen molar-refractivity contribution in [2.45, 2.75) is 46.5 Å². The minimum Gasteiger partial charge on any atom is -0.335 e. The Bertz CT molecular complexity index is 307. The molecular formula is C12H23N3O4.